The van der Waals surface area contributed by atoms with E-state index in [1.54, 1.807) is 0 Å². The van der Waals surface area contributed by atoms with Crippen LogP contribution >= 0.6 is 0 Å². The Bertz CT molecular complexity index is 331. The number of carbonyl (C=O) groups is 4. The zero-order valence-electron chi connectivity index (χ0n) is 9.82. The molecule has 0 heterocycles. The summed E-state index contributed by atoms with van der Waals surface area (Å²) in [5, 5.41) is 6.91. The maximum absolute atomic E-state index is 11.1. The Morgan fingerprint density at radius 2 is 1.33 bits per heavy atom. The molecule has 0 bridgehead atoms. The van der Waals surface area contributed by atoms with E-state index in [0.717, 1.165) is 0 Å². The molecule has 0 aliphatic rings. The molecule has 9 heteroatoms. The summed E-state index contributed by atoms with van der Waals surface area (Å²) in [6, 6.07) is 0. The minimum atomic E-state index is -0.524. The summed E-state index contributed by atoms with van der Waals surface area (Å²) < 4.78 is 0. The molecule has 18 heavy (non-hydrogen) atoms. The van der Waals surface area contributed by atoms with Crippen LogP contribution < -0.4 is 27.4 Å². The maximum Gasteiger partial charge on any atom is 0.239 e. The summed E-state index contributed by atoms with van der Waals surface area (Å²) in [4.78, 5) is 43.4. The van der Waals surface area contributed by atoms with Gasteiger partial charge >= 0.3 is 0 Å². The fourth-order valence-electron chi connectivity index (χ4n) is 0.880. The third-order valence-electron chi connectivity index (χ3n) is 1.77. The van der Waals surface area contributed by atoms with Crippen LogP contribution in [0.4, 0.5) is 0 Å². The van der Waals surface area contributed by atoms with Gasteiger partial charge in [-0.3, -0.25) is 19.2 Å². The summed E-state index contributed by atoms with van der Waals surface area (Å²) in [5.41, 5.74) is 9.89. The molecule has 0 fully saturated rings. The van der Waals surface area contributed by atoms with E-state index in [1.807, 2.05) is 0 Å². The van der Waals surface area contributed by atoms with Crippen molar-refractivity contribution in [2.45, 2.75) is 6.42 Å². The van der Waals surface area contributed by atoms with Crippen molar-refractivity contribution in [1.29, 1.82) is 0 Å². The van der Waals surface area contributed by atoms with Gasteiger partial charge < -0.3 is 27.4 Å². The van der Waals surface area contributed by atoms with Crippen molar-refractivity contribution in [2.75, 3.05) is 26.2 Å². The van der Waals surface area contributed by atoms with Gasteiger partial charge in [0.05, 0.1) is 19.6 Å². The highest BCUT2D eigenvalue weighted by Crippen LogP contribution is 1.73. The third-order valence-corrected chi connectivity index (χ3v) is 1.77. The standard InChI is InChI=1S/C9H17N5O4/c10-3-7(16)13-5-9(18)14-4-8(17)12-2-1-6(11)15/h1-5,10H2,(H2,11,15)(H,12,17)(H,13,16)(H,14,18). The normalized spacial score (nSPS) is 9.39. The lowest BCUT2D eigenvalue weighted by molar-refractivity contribution is -0.127. The van der Waals surface area contributed by atoms with Gasteiger partial charge in [-0.15, -0.1) is 0 Å². The number of hydrogen-bond donors (Lipinski definition) is 5. The lowest BCUT2D eigenvalue weighted by atomic mass is 10.4. The van der Waals surface area contributed by atoms with E-state index >= 15 is 0 Å². The third kappa shape index (κ3) is 9.09. The Kier molecular flexibility index (Phi) is 7.86. The molecule has 0 saturated carbocycles. The average molecular weight is 259 g/mol. The number of amides is 4. The molecule has 0 aromatic heterocycles. The van der Waals surface area contributed by atoms with Crippen molar-refractivity contribution in [2.24, 2.45) is 11.5 Å². The highest BCUT2D eigenvalue weighted by Gasteiger charge is 2.06. The van der Waals surface area contributed by atoms with Crippen LogP contribution in [0, 0.1) is 0 Å². The maximum atomic E-state index is 11.1. The fourth-order valence-corrected chi connectivity index (χ4v) is 0.880. The molecule has 7 N–H and O–H groups in total. The topological polar surface area (TPSA) is 156 Å². The molecule has 0 radical (unpaired) electrons. The van der Waals surface area contributed by atoms with Gasteiger partial charge in [0.2, 0.25) is 23.6 Å². The first-order valence-electron chi connectivity index (χ1n) is 5.24. The van der Waals surface area contributed by atoms with Crippen molar-refractivity contribution < 1.29 is 19.2 Å². The van der Waals surface area contributed by atoms with E-state index in [-0.39, 0.29) is 32.6 Å². The Morgan fingerprint density at radius 1 is 0.833 bits per heavy atom. The molecular weight excluding hydrogens is 242 g/mol. The monoisotopic (exact) mass is 259 g/mol. The van der Waals surface area contributed by atoms with Gasteiger partial charge in [-0.05, 0) is 0 Å². The summed E-state index contributed by atoms with van der Waals surface area (Å²) >= 11 is 0. The number of hydrogen-bond acceptors (Lipinski definition) is 5. The van der Waals surface area contributed by atoms with Crippen LogP contribution in [0.15, 0.2) is 0 Å². The largest absolute Gasteiger partial charge is 0.370 e. The average Bonchev–Trinajstić information content (AvgIpc) is 2.32. The number of carbonyl (C=O) groups excluding carboxylic acids is 4. The van der Waals surface area contributed by atoms with Crippen LogP contribution in [0.5, 0.6) is 0 Å². The second-order valence-electron chi connectivity index (χ2n) is 3.32. The number of nitrogens with one attached hydrogen (secondary N) is 3. The molecule has 0 aliphatic carbocycles. The van der Waals surface area contributed by atoms with Crippen LogP contribution in [0.25, 0.3) is 0 Å². The van der Waals surface area contributed by atoms with Gasteiger partial charge in [0.25, 0.3) is 0 Å². The van der Waals surface area contributed by atoms with Gasteiger partial charge in [0.15, 0.2) is 0 Å². The van der Waals surface area contributed by atoms with E-state index in [0.29, 0.717) is 0 Å². The number of rotatable bonds is 8. The van der Waals surface area contributed by atoms with Gasteiger partial charge in [-0.1, -0.05) is 0 Å². The van der Waals surface area contributed by atoms with E-state index in [2.05, 4.69) is 16.0 Å². The quantitative estimate of drug-likeness (QED) is 0.302. The van der Waals surface area contributed by atoms with Gasteiger partial charge in [0.1, 0.15) is 0 Å². The van der Waals surface area contributed by atoms with Crippen LogP contribution in [0.3, 0.4) is 0 Å². The molecule has 102 valence electrons. The summed E-state index contributed by atoms with van der Waals surface area (Å²) in [5.74, 6) is -1.95. The molecule has 0 aromatic rings. The fraction of sp³-hybridized carbons (Fsp3) is 0.556. The minimum Gasteiger partial charge on any atom is -0.370 e. The van der Waals surface area contributed by atoms with Crippen LogP contribution in [-0.2, 0) is 19.2 Å². The molecule has 0 saturated heterocycles. The SMILES string of the molecule is NCC(=O)NCC(=O)NCC(=O)NCCC(N)=O. The highest BCUT2D eigenvalue weighted by atomic mass is 16.2. The summed E-state index contributed by atoms with van der Waals surface area (Å²) in [7, 11) is 0. The van der Waals surface area contributed by atoms with E-state index in [1.165, 1.54) is 0 Å². The Hall–Kier alpha value is -2.16. The lowest BCUT2D eigenvalue weighted by Crippen LogP contribution is -2.43. The van der Waals surface area contributed by atoms with Gasteiger partial charge in [0, 0.05) is 13.0 Å². The Labute approximate surface area is 104 Å². The van der Waals surface area contributed by atoms with Crippen molar-refractivity contribution in [3.05, 3.63) is 0 Å². The van der Waals surface area contributed by atoms with Gasteiger partial charge in [-0.25, -0.2) is 0 Å². The number of primary amides is 1. The first-order chi connectivity index (χ1) is 8.45. The van der Waals surface area contributed by atoms with Crippen LogP contribution in [-0.4, -0.2) is 49.8 Å². The lowest BCUT2D eigenvalue weighted by Gasteiger charge is -2.06. The second kappa shape index (κ2) is 8.93. The van der Waals surface area contributed by atoms with Crippen LogP contribution in [0.2, 0.25) is 0 Å². The molecule has 9 nitrogen and oxygen atoms in total. The van der Waals surface area contributed by atoms with Crippen molar-refractivity contribution in [3.8, 4) is 0 Å². The van der Waals surface area contributed by atoms with Crippen LogP contribution in [0.1, 0.15) is 6.42 Å². The predicted octanol–water partition coefficient (Wildman–Crippen LogP) is -3.83. The Balaban J connectivity index is 3.62. The zero-order chi connectivity index (χ0) is 14.0. The van der Waals surface area contributed by atoms with Crippen molar-refractivity contribution in [3.63, 3.8) is 0 Å². The van der Waals surface area contributed by atoms with E-state index < -0.39 is 23.6 Å². The summed E-state index contributed by atoms with van der Waals surface area (Å²) in [6.45, 7) is -0.574. The highest BCUT2D eigenvalue weighted by molar-refractivity contribution is 5.88. The molecule has 0 aliphatic heterocycles. The molecule has 4 amide bonds. The Morgan fingerprint density at radius 3 is 1.83 bits per heavy atom. The molecule has 0 spiro atoms. The first kappa shape index (κ1) is 15.8. The molecule has 0 aromatic carbocycles. The molecule has 0 rings (SSSR count). The van der Waals surface area contributed by atoms with E-state index in [4.69, 9.17) is 11.5 Å². The number of nitrogens with two attached hydrogens (primary N) is 2. The smallest absolute Gasteiger partial charge is 0.239 e. The van der Waals surface area contributed by atoms with Gasteiger partial charge in [-0.2, -0.15) is 0 Å². The summed E-state index contributed by atoms with van der Waals surface area (Å²) in [6.07, 6.45) is 0.0340. The van der Waals surface area contributed by atoms with Crippen molar-refractivity contribution in [1.82, 2.24) is 16.0 Å². The zero-order valence-corrected chi connectivity index (χ0v) is 9.82. The van der Waals surface area contributed by atoms with E-state index in [9.17, 15) is 19.2 Å². The minimum absolute atomic E-state index is 0.0340. The first-order valence-corrected chi connectivity index (χ1v) is 5.24. The molecular formula is C9H17N5O4. The second-order valence-corrected chi connectivity index (χ2v) is 3.32. The predicted molar refractivity (Wildman–Crippen MR) is 61.9 cm³/mol. The molecule has 0 unspecified atom stereocenters. The van der Waals surface area contributed by atoms with Crippen molar-refractivity contribution >= 4 is 23.6 Å². The molecule has 0 atom stereocenters.